The molecule has 5 nitrogen and oxygen atoms in total. The van der Waals surface area contributed by atoms with E-state index in [0.29, 0.717) is 13.0 Å². The van der Waals surface area contributed by atoms with Crippen molar-refractivity contribution in [1.82, 2.24) is 5.32 Å². The third-order valence-electron chi connectivity index (χ3n) is 1.67. The average Bonchev–Trinajstić information content (AvgIpc) is 2.18. The number of hydrogen-bond donors (Lipinski definition) is 2. The SMILES string of the molecule is O=C(NCCc1ccccc1)OS(=O)O. The molecule has 0 fully saturated rings. The fourth-order valence-electron chi connectivity index (χ4n) is 1.05. The van der Waals surface area contributed by atoms with E-state index in [1.165, 1.54) is 0 Å². The first-order valence-electron chi connectivity index (χ1n) is 4.29. The average molecular weight is 229 g/mol. The van der Waals surface area contributed by atoms with E-state index < -0.39 is 17.5 Å². The molecule has 1 atom stereocenters. The van der Waals surface area contributed by atoms with Crippen LogP contribution in [0.5, 0.6) is 0 Å². The lowest BCUT2D eigenvalue weighted by Crippen LogP contribution is -2.26. The molecule has 1 aromatic carbocycles. The van der Waals surface area contributed by atoms with Crippen LogP contribution in [0.3, 0.4) is 0 Å². The normalized spacial score (nSPS) is 11.8. The summed E-state index contributed by atoms with van der Waals surface area (Å²) in [5.74, 6) is 0. The summed E-state index contributed by atoms with van der Waals surface area (Å²) in [7, 11) is 0. The van der Waals surface area contributed by atoms with Gasteiger partial charge in [-0.15, -0.1) is 0 Å². The first kappa shape index (κ1) is 11.7. The van der Waals surface area contributed by atoms with Crippen molar-refractivity contribution >= 4 is 17.5 Å². The van der Waals surface area contributed by atoms with E-state index in [-0.39, 0.29) is 0 Å². The Balaban J connectivity index is 2.22. The highest BCUT2D eigenvalue weighted by Gasteiger charge is 2.04. The summed E-state index contributed by atoms with van der Waals surface area (Å²) in [6, 6.07) is 9.56. The molecule has 0 heterocycles. The monoisotopic (exact) mass is 229 g/mol. The van der Waals surface area contributed by atoms with Gasteiger partial charge in [0.25, 0.3) is 0 Å². The molecule has 0 aromatic heterocycles. The van der Waals surface area contributed by atoms with Gasteiger partial charge in [0.05, 0.1) is 0 Å². The van der Waals surface area contributed by atoms with Gasteiger partial charge in [-0.05, 0) is 12.0 Å². The molecular formula is C9H11NO4S. The Hall–Kier alpha value is -1.40. The quantitative estimate of drug-likeness (QED) is 0.758. The van der Waals surface area contributed by atoms with Crippen LogP contribution in [0.1, 0.15) is 5.56 Å². The maximum absolute atomic E-state index is 10.8. The number of rotatable bonds is 4. The van der Waals surface area contributed by atoms with Crippen LogP contribution < -0.4 is 5.32 Å². The standard InChI is InChI=1S/C9H11NO4S/c11-9(14-15(12)13)10-7-6-8-4-2-1-3-5-8/h1-5H,6-7H2,(H,10,11)(H,12,13). The molecule has 0 saturated heterocycles. The Morgan fingerprint density at radius 1 is 1.40 bits per heavy atom. The van der Waals surface area contributed by atoms with E-state index in [0.717, 1.165) is 5.56 Å². The summed E-state index contributed by atoms with van der Waals surface area (Å²) in [6.07, 6.45) is -0.250. The van der Waals surface area contributed by atoms with Gasteiger partial charge in [-0.2, -0.15) is 4.21 Å². The maximum atomic E-state index is 10.8. The molecule has 0 radical (unpaired) electrons. The second kappa shape index (κ2) is 6.15. The predicted octanol–water partition coefficient (Wildman–Crippen LogP) is 1.09. The molecule has 1 amide bonds. The molecule has 0 aliphatic rings. The van der Waals surface area contributed by atoms with Crippen LogP contribution in [-0.2, 0) is 22.0 Å². The molecule has 0 bridgehead atoms. The molecule has 6 heteroatoms. The van der Waals surface area contributed by atoms with E-state index >= 15 is 0 Å². The fraction of sp³-hybridized carbons (Fsp3) is 0.222. The van der Waals surface area contributed by atoms with Gasteiger partial charge < -0.3 is 9.50 Å². The van der Waals surface area contributed by atoms with Crippen molar-refractivity contribution in [2.45, 2.75) is 6.42 Å². The van der Waals surface area contributed by atoms with Gasteiger partial charge in [0.1, 0.15) is 0 Å². The van der Waals surface area contributed by atoms with Crippen molar-refractivity contribution < 1.29 is 17.7 Å². The van der Waals surface area contributed by atoms with Crippen molar-refractivity contribution in [3.05, 3.63) is 35.9 Å². The second-order valence-electron chi connectivity index (χ2n) is 2.75. The van der Waals surface area contributed by atoms with Crippen LogP contribution in [0.15, 0.2) is 30.3 Å². The van der Waals surface area contributed by atoms with Crippen LogP contribution >= 0.6 is 0 Å². The summed E-state index contributed by atoms with van der Waals surface area (Å²) >= 11 is -2.56. The number of amides is 1. The van der Waals surface area contributed by atoms with E-state index in [2.05, 4.69) is 9.50 Å². The van der Waals surface area contributed by atoms with E-state index in [1.54, 1.807) is 0 Å². The zero-order chi connectivity index (χ0) is 11.1. The second-order valence-corrected chi connectivity index (χ2v) is 3.35. The van der Waals surface area contributed by atoms with Gasteiger partial charge in [-0.25, -0.2) is 4.79 Å². The lowest BCUT2D eigenvalue weighted by molar-refractivity contribution is 0.201. The van der Waals surface area contributed by atoms with Crippen molar-refractivity contribution in [3.8, 4) is 0 Å². The summed E-state index contributed by atoms with van der Waals surface area (Å²) in [5, 5.41) is 2.35. The zero-order valence-electron chi connectivity index (χ0n) is 7.88. The summed E-state index contributed by atoms with van der Waals surface area (Å²) in [6.45, 7) is 0.361. The van der Waals surface area contributed by atoms with Crippen LogP contribution in [-0.4, -0.2) is 21.4 Å². The molecule has 0 saturated carbocycles. The minimum absolute atomic E-state index is 0.361. The number of nitrogens with one attached hydrogen (secondary N) is 1. The van der Waals surface area contributed by atoms with Gasteiger partial charge in [-0.3, -0.25) is 4.55 Å². The fourth-order valence-corrected chi connectivity index (χ4v) is 1.24. The number of carbonyl (C=O) groups excluding carboxylic acids is 1. The van der Waals surface area contributed by atoms with E-state index in [1.807, 2.05) is 30.3 Å². The number of carbonyl (C=O) groups is 1. The van der Waals surface area contributed by atoms with Gasteiger partial charge in [0.2, 0.25) is 0 Å². The first-order valence-corrected chi connectivity index (χ1v) is 5.32. The van der Waals surface area contributed by atoms with Gasteiger partial charge >= 0.3 is 17.5 Å². The van der Waals surface area contributed by atoms with Gasteiger partial charge in [-0.1, -0.05) is 30.3 Å². The Morgan fingerprint density at radius 3 is 2.67 bits per heavy atom. The summed E-state index contributed by atoms with van der Waals surface area (Å²) < 4.78 is 22.3. The van der Waals surface area contributed by atoms with Crippen molar-refractivity contribution in [2.75, 3.05) is 6.54 Å². The van der Waals surface area contributed by atoms with Crippen LogP contribution in [0.4, 0.5) is 4.79 Å². The van der Waals surface area contributed by atoms with Crippen LogP contribution in [0.25, 0.3) is 0 Å². The minimum atomic E-state index is -2.56. The van der Waals surface area contributed by atoms with Gasteiger partial charge in [0.15, 0.2) is 0 Å². The van der Waals surface area contributed by atoms with Crippen LogP contribution in [0.2, 0.25) is 0 Å². The Morgan fingerprint density at radius 2 is 2.07 bits per heavy atom. The molecule has 0 spiro atoms. The number of hydrogen-bond acceptors (Lipinski definition) is 3. The Kier molecular flexibility index (Phi) is 4.79. The van der Waals surface area contributed by atoms with Crippen molar-refractivity contribution in [3.63, 3.8) is 0 Å². The molecule has 2 N–H and O–H groups in total. The molecule has 0 aliphatic carbocycles. The molecule has 82 valence electrons. The lowest BCUT2D eigenvalue weighted by Gasteiger charge is -2.03. The molecular weight excluding hydrogens is 218 g/mol. The summed E-state index contributed by atoms with van der Waals surface area (Å²) in [5.41, 5.74) is 1.07. The highest BCUT2D eigenvalue weighted by molar-refractivity contribution is 7.74. The molecule has 0 aliphatic heterocycles. The predicted molar refractivity (Wildman–Crippen MR) is 55.4 cm³/mol. The minimum Gasteiger partial charge on any atom is -0.326 e. The van der Waals surface area contributed by atoms with Crippen LogP contribution in [0, 0.1) is 0 Å². The first-order chi connectivity index (χ1) is 7.18. The molecule has 15 heavy (non-hydrogen) atoms. The zero-order valence-corrected chi connectivity index (χ0v) is 8.70. The Bertz CT molecular complexity index is 341. The Labute approximate surface area is 89.9 Å². The topological polar surface area (TPSA) is 75.6 Å². The smallest absolute Gasteiger partial charge is 0.326 e. The van der Waals surface area contributed by atoms with Crippen molar-refractivity contribution in [2.24, 2.45) is 0 Å². The molecule has 1 rings (SSSR count). The van der Waals surface area contributed by atoms with E-state index in [9.17, 15) is 9.00 Å². The lowest BCUT2D eigenvalue weighted by atomic mass is 10.1. The maximum Gasteiger partial charge on any atom is 0.422 e. The molecule has 1 aromatic rings. The third-order valence-corrected chi connectivity index (χ3v) is 1.97. The van der Waals surface area contributed by atoms with Crippen molar-refractivity contribution in [1.29, 1.82) is 0 Å². The molecule has 1 unspecified atom stereocenters. The summed E-state index contributed by atoms with van der Waals surface area (Å²) in [4.78, 5) is 10.8. The number of benzene rings is 1. The third kappa shape index (κ3) is 5.14. The largest absolute Gasteiger partial charge is 0.422 e. The highest BCUT2D eigenvalue weighted by atomic mass is 32.2. The van der Waals surface area contributed by atoms with E-state index in [4.69, 9.17) is 4.55 Å². The van der Waals surface area contributed by atoms with Gasteiger partial charge in [0, 0.05) is 6.54 Å². The highest BCUT2D eigenvalue weighted by Crippen LogP contribution is 1.98.